The summed E-state index contributed by atoms with van der Waals surface area (Å²) in [6.07, 6.45) is 6.22. The molecule has 0 aromatic rings. The van der Waals surface area contributed by atoms with Crippen LogP contribution in [0, 0.1) is 6.08 Å². The van der Waals surface area contributed by atoms with Crippen LogP contribution in [0.3, 0.4) is 0 Å². The summed E-state index contributed by atoms with van der Waals surface area (Å²) >= 11 is 0. The third kappa shape index (κ3) is 68.7. The van der Waals surface area contributed by atoms with Crippen LogP contribution in [0.25, 0.3) is 0 Å². The van der Waals surface area contributed by atoms with Crippen LogP contribution in [0.1, 0.15) is 34.6 Å². The number of allylic oxidation sites excluding steroid dienone is 2. The van der Waals surface area contributed by atoms with E-state index in [1.807, 2.05) is 40.7 Å². The van der Waals surface area contributed by atoms with Crippen LogP contribution in [0.15, 0.2) is 11.1 Å². The van der Waals surface area contributed by atoms with Crippen LogP contribution >= 0.6 is 0 Å². The Bertz CT molecular complexity index is 62.9. The predicted octanol–water partition coefficient (Wildman–Crippen LogP) is -0.0541. The van der Waals surface area contributed by atoms with Crippen LogP contribution < -0.4 is 51.4 Å². The van der Waals surface area contributed by atoms with Gasteiger partial charge in [0.2, 0.25) is 0 Å². The zero-order valence-corrected chi connectivity index (χ0v) is 12.7. The van der Waals surface area contributed by atoms with Gasteiger partial charge in [0.05, 0.1) is 0 Å². The van der Waals surface area contributed by atoms with Crippen molar-refractivity contribution in [3.8, 4) is 0 Å². The molecule has 0 radical (unpaired) electrons. The molecule has 0 fully saturated rings. The summed E-state index contributed by atoms with van der Waals surface area (Å²) in [6.45, 7) is 9.90. The molecular formula is C9H21KNO-. The van der Waals surface area contributed by atoms with E-state index in [1.165, 1.54) is 0 Å². The summed E-state index contributed by atoms with van der Waals surface area (Å²) < 4.78 is 0. The van der Waals surface area contributed by atoms with E-state index in [1.54, 1.807) is 13.3 Å². The van der Waals surface area contributed by atoms with Gasteiger partial charge in [-0.05, 0) is 0 Å². The van der Waals surface area contributed by atoms with Crippen molar-refractivity contribution in [2.24, 2.45) is 4.99 Å². The molecule has 1 N–H and O–H groups in total. The molecule has 0 saturated carbocycles. The van der Waals surface area contributed by atoms with Crippen molar-refractivity contribution in [2.75, 3.05) is 7.05 Å². The Hall–Kier alpha value is 1.01. The standard InChI is InChI=1S/C5H8N.2C2H6.K.H2O/c1-3-4-5-6-2;2*1-2;;/h3,5H,1-2H3;2*1-2H3;;1H2/q-1;;;+1;/p-1. The molecule has 0 aliphatic heterocycles. The van der Waals surface area contributed by atoms with E-state index in [0.717, 1.165) is 0 Å². The fourth-order valence-electron chi connectivity index (χ4n) is 0.149. The van der Waals surface area contributed by atoms with Crippen molar-refractivity contribution in [1.29, 1.82) is 0 Å². The van der Waals surface area contributed by atoms with Gasteiger partial charge in [0.25, 0.3) is 0 Å². The molecule has 0 unspecified atom stereocenters. The number of rotatable bonds is 1. The van der Waals surface area contributed by atoms with Gasteiger partial charge < -0.3 is 16.5 Å². The van der Waals surface area contributed by atoms with Crippen LogP contribution in [-0.4, -0.2) is 18.7 Å². The monoisotopic (exact) mass is 198 g/mol. The molecule has 0 amide bonds. The molecule has 0 spiro atoms. The van der Waals surface area contributed by atoms with Crippen molar-refractivity contribution in [1.82, 2.24) is 0 Å². The van der Waals surface area contributed by atoms with E-state index in [-0.39, 0.29) is 56.9 Å². The molecule has 0 heterocycles. The maximum Gasteiger partial charge on any atom is 1.00 e. The smallest absolute Gasteiger partial charge is 0.870 e. The Morgan fingerprint density at radius 2 is 1.42 bits per heavy atom. The number of hydrogen-bond acceptors (Lipinski definition) is 2. The van der Waals surface area contributed by atoms with Gasteiger partial charge in [-0.1, -0.05) is 34.6 Å². The fraction of sp³-hybridized carbons (Fsp3) is 0.667. The van der Waals surface area contributed by atoms with Gasteiger partial charge in [-0.15, -0.1) is 0 Å². The average Bonchev–Trinajstić information content (AvgIpc) is 2.08. The second-order valence-corrected chi connectivity index (χ2v) is 0.843. The molecule has 0 aromatic carbocycles. The van der Waals surface area contributed by atoms with Crippen LogP contribution in [0.5, 0.6) is 0 Å². The normalized spacial score (nSPS) is 6.83. The number of nitrogens with zero attached hydrogens (tertiary/aromatic N) is 1. The predicted molar refractivity (Wildman–Crippen MR) is 52.5 cm³/mol. The second kappa shape index (κ2) is 58.0. The van der Waals surface area contributed by atoms with Gasteiger partial charge in [0.15, 0.2) is 0 Å². The average molecular weight is 198 g/mol. The van der Waals surface area contributed by atoms with Crippen molar-refractivity contribution < 1.29 is 56.9 Å². The third-order valence-electron chi connectivity index (χ3n) is 0.370. The van der Waals surface area contributed by atoms with Crippen LogP contribution in [0.4, 0.5) is 0 Å². The Labute approximate surface area is 120 Å². The van der Waals surface area contributed by atoms with Gasteiger partial charge in [-0.2, -0.15) is 6.21 Å². The second-order valence-electron chi connectivity index (χ2n) is 0.843. The van der Waals surface area contributed by atoms with Crippen molar-refractivity contribution in [3.05, 3.63) is 12.2 Å². The van der Waals surface area contributed by atoms with Gasteiger partial charge in [-0.25, -0.2) is 0 Å². The van der Waals surface area contributed by atoms with E-state index >= 15 is 0 Å². The summed E-state index contributed by atoms with van der Waals surface area (Å²) in [7, 11) is 1.72. The summed E-state index contributed by atoms with van der Waals surface area (Å²) in [6, 6.07) is 0. The van der Waals surface area contributed by atoms with E-state index in [4.69, 9.17) is 0 Å². The molecule has 0 rings (SSSR count). The van der Waals surface area contributed by atoms with Gasteiger partial charge >= 0.3 is 51.4 Å². The SMILES string of the molecule is CC.CC.CC=[C-]C=NC.[K+].[OH-]. The number of hydrogen-bond donors (Lipinski definition) is 0. The summed E-state index contributed by atoms with van der Waals surface area (Å²) in [5, 5.41) is 0. The molecule has 70 valence electrons. The van der Waals surface area contributed by atoms with E-state index in [2.05, 4.69) is 11.1 Å². The van der Waals surface area contributed by atoms with E-state index < -0.39 is 0 Å². The first-order valence-electron chi connectivity index (χ1n) is 3.86. The summed E-state index contributed by atoms with van der Waals surface area (Å²) in [5.74, 6) is 0. The minimum Gasteiger partial charge on any atom is -0.870 e. The quantitative estimate of drug-likeness (QED) is 0.331. The first-order valence-corrected chi connectivity index (χ1v) is 3.86. The Morgan fingerprint density at radius 1 is 1.08 bits per heavy atom. The largest absolute Gasteiger partial charge is 1.00 e. The van der Waals surface area contributed by atoms with Gasteiger partial charge in [-0.3, -0.25) is 6.08 Å². The Morgan fingerprint density at radius 3 is 1.50 bits per heavy atom. The molecule has 2 nitrogen and oxygen atoms in total. The molecule has 0 aliphatic carbocycles. The zero-order chi connectivity index (χ0) is 8.83. The molecule has 0 aliphatic rings. The van der Waals surface area contributed by atoms with E-state index in [0.29, 0.717) is 0 Å². The molecule has 3 heteroatoms. The number of aliphatic imine (C=N–C) groups is 1. The zero-order valence-electron chi connectivity index (χ0n) is 9.55. The van der Waals surface area contributed by atoms with Gasteiger partial charge in [0.1, 0.15) is 0 Å². The maximum atomic E-state index is 3.66. The Balaban J connectivity index is -0.0000000241. The first kappa shape index (κ1) is 29.2. The van der Waals surface area contributed by atoms with Crippen molar-refractivity contribution in [3.63, 3.8) is 0 Å². The fourth-order valence-corrected chi connectivity index (χ4v) is 0.149. The van der Waals surface area contributed by atoms with Crippen LogP contribution in [0.2, 0.25) is 0 Å². The molecule has 12 heavy (non-hydrogen) atoms. The van der Waals surface area contributed by atoms with Gasteiger partial charge in [0, 0.05) is 7.05 Å². The van der Waals surface area contributed by atoms with Crippen molar-refractivity contribution in [2.45, 2.75) is 34.6 Å². The van der Waals surface area contributed by atoms with Crippen LogP contribution in [-0.2, 0) is 0 Å². The first-order chi connectivity index (χ1) is 4.91. The molecule has 0 saturated heterocycles. The van der Waals surface area contributed by atoms with E-state index in [9.17, 15) is 0 Å². The summed E-state index contributed by atoms with van der Waals surface area (Å²) in [5.41, 5.74) is 0. The summed E-state index contributed by atoms with van der Waals surface area (Å²) in [4.78, 5) is 3.66. The minimum atomic E-state index is 0. The third-order valence-corrected chi connectivity index (χ3v) is 0.370. The maximum absolute atomic E-state index is 3.66. The topological polar surface area (TPSA) is 42.4 Å². The molecule has 0 atom stereocenters. The molecular weight excluding hydrogens is 177 g/mol. The minimum absolute atomic E-state index is 0. The Kier molecular flexibility index (Phi) is 141. The van der Waals surface area contributed by atoms with Crippen molar-refractivity contribution >= 4 is 6.21 Å². The molecule has 0 bridgehead atoms. The molecule has 0 aromatic heterocycles.